The largest absolute Gasteiger partial charge is 0.396 e. The van der Waals surface area contributed by atoms with E-state index < -0.39 is 5.56 Å². The summed E-state index contributed by atoms with van der Waals surface area (Å²) >= 11 is 12.6. The summed E-state index contributed by atoms with van der Waals surface area (Å²) in [6.07, 6.45) is 2.31. The van der Waals surface area contributed by atoms with Gasteiger partial charge in [-0.25, -0.2) is 9.97 Å². The number of hydrogen-bond acceptors (Lipinski definition) is 8. The summed E-state index contributed by atoms with van der Waals surface area (Å²) in [5.41, 5.74) is 2.89. The van der Waals surface area contributed by atoms with E-state index in [1.54, 1.807) is 25.1 Å². The van der Waals surface area contributed by atoms with Crippen LogP contribution >= 0.6 is 23.2 Å². The Kier molecular flexibility index (Phi) is 7.57. The molecule has 37 heavy (non-hydrogen) atoms. The van der Waals surface area contributed by atoms with E-state index in [1.165, 1.54) is 10.9 Å². The van der Waals surface area contributed by atoms with Crippen LogP contribution in [0.4, 0.5) is 17.3 Å². The summed E-state index contributed by atoms with van der Waals surface area (Å²) in [4.78, 5) is 26.9. The summed E-state index contributed by atoms with van der Waals surface area (Å²) in [5.74, 6) is 0.372. The minimum absolute atomic E-state index is 0.228. The van der Waals surface area contributed by atoms with Crippen molar-refractivity contribution in [2.24, 2.45) is 0 Å². The van der Waals surface area contributed by atoms with Gasteiger partial charge in [-0.05, 0) is 43.7 Å². The molecule has 0 radical (unpaired) electrons. The normalized spacial score (nSPS) is 14.3. The highest BCUT2D eigenvalue weighted by atomic mass is 35.5. The lowest BCUT2D eigenvalue weighted by molar-refractivity contribution is 0.216. The molecule has 11 heteroatoms. The standard InChI is InChI=1S/C26H27Cl2N7O2/c1-17-23-20(25(37)35(32-17)24-21(27)7-3-8-22(24)28)16-29-26(31-23)30-18-5-2-6-19(15-18)34-12-10-33(11-13-34)9-4-14-36/h2-3,5-8,15-16,36H,4,9-14H2,1H3,(H,29,30,31). The molecular formula is C26H27Cl2N7O2. The lowest BCUT2D eigenvalue weighted by Crippen LogP contribution is -2.46. The van der Waals surface area contributed by atoms with Crippen molar-refractivity contribution in [2.45, 2.75) is 13.3 Å². The molecule has 5 rings (SSSR count). The predicted molar refractivity (Wildman–Crippen MR) is 148 cm³/mol. The topological polar surface area (TPSA) is 99.4 Å². The van der Waals surface area contributed by atoms with Gasteiger partial charge >= 0.3 is 0 Å². The Morgan fingerprint density at radius 2 is 1.78 bits per heavy atom. The van der Waals surface area contributed by atoms with Crippen molar-refractivity contribution in [3.63, 3.8) is 0 Å². The van der Waals surface area contributed by atoms with Crippen LogP contribution in [0, 0.1) is 6.92 Å². The van der Waals surface area contributed by atoms with Gasteiger partial charge in [0.05, 0.1) is 21.1 Å². The molecule has 4 aromatic rings. The highest BCUT2D eigenvalue weighted by Gasteiger charge is 2.18. The second-order valence-corrected chi connectivity index (χ2v) is 9.72. The van der Waals surface area contributed by atoms with E-state index in [4.69, 9.17) is 28.3 Å². The average Bonchev–Trinajstić information content (AvgIpc) is 2.90. The van der Waals surface area contributed by atoms with Gasteiger partial charge in [-0.1, -0.05) is 35.3 Å². The number of anilines is 3. The van der Waals surface area contributed by atoms with Crippen molar-refractivity contribution < 1.29 is 5.11 Å². The Hall–Kier alpha value is -3.24. The maximum Gasteiger partial charge on any atom is 0.282 e. The first kappa shape index (κ1) is 25.4. The number of piperazine rings is 1. The number of aliphatic hydroxyl groups excluding tert-OH is 1. The first-order valence-corrected chi connectivity index (χ1v) is 12.9. The highest BCUT2D eigenvalue weighted by Crippen LogP contribution is 2.28. The second-order valence-electron chi connectivity index (χ2n) is 8.91. The molecule has 2 N–H and O–H groups in total. The molecule has 0 amide bonds. The minimum atomic E-state index is -0.401. The summed E-state index contributed by atoms with van der Waals surface area (Å²) < 4.78 is 1.20. The first-order chi connectivity index (χ1) is 17.9. The van der Waals surface area contributed by atoms with Gasteiger partial charge in [-0.15, -0.1) is 0 Å². The van der Waals surface area contributed by atoms with E-state index in [-0.39, 0.29) is 6.61 Å². The van der Waals surface area contributed by atoms with E-state index in [2.05, 4.69) is 42.3 Å². The summed E-state index contributed by atoms with van der Waals surface area (Å²) in [6, 6.07) is 13.1. The zero-order valence-electron chi connectivity index (χ0n) is 20.4. The second kappa shape index (κ2) is 11.0. The number of halogens is 2. The van der Waals surface area contributed by atoms with Crippen LogP contribution in [0.3, 0.4) is 0 Å². The van der Waals surface area contributed by atoms with Crippen LogP contribution in [-0.4, -0.2) is 69.1 Å². The zero-order valence-corrected chi connectivity index (χ0v) is 21.9. The molecular weight excluding hydrogens is 513 g/mol. The van der Waals surface area contributed by atoms with Crippen molar-refractivity contribution in [2.75, 3.05) is 49.5 Å². The Bertz CT molecular complexity index is 1470. The van der Waals surface area contributed by atoms with Crippen LogP contribution in [-0.2, 0) is 0 Å². The summed E-state index contributed by atoms with van der Waals surface area (Å²) in [6.45, 7) is 6.72. The fourth-order valence-corrected chi connectivity index (χ4v) is 5.07. The molecule has 1 aliphatic heterocycles. The molecule has 2 aromatic heterocycles. The van der Waals surface area contributed by atoms with Crippen LogP contribution in [0.25, 0.3) is 16.6 Å². The van der Waals surface area contributed by atoms with Gasteiger partial charge in [0.1, 0.15) is 11.2 Å². The number of fused-ring (bicyclic) bond motifs is 1. The number of aromatic nitrogens is 4. The lowest BCUT2D eigenvalue weighted by Gasteiger charge is -2.36. The number of nitrogens with zero attached hydrogens (tertiary/aromatic N) is 6. The average molecular weight is 540 g/mol. The Labute approximate surface area is 224 Å². The third-order valence-corrected chi connectivity index (χ3v) is 7.04. The van der Waals surface area contributed by atoms with Gasteiger partial charge in [0, 0.05) is 56.9 Å². The van der Waals surface area contributed by atoms with Crippen molar-refractivity contribution in [1.29, 1.82) is 0 Å². The molecule has 0 aliphatic carbocycles. The SMILES string of the molecule is Cc1nn(-c2c(Cl)cccc2Cl)c(=O)c2cnc(Nc3cccc(N4CCN(CCCO)CC4)c3)nc12. The molecule has 9 nitrogen and oxygen atoms in total. The lowest BCUT2D eigenvalue weighted by atomic mass is 10.2. The minimum Gasteiger partial charge on any atom is -0.396 e. The smallest absolute Gasteiger partial charge is 0.282 e. The van der Waals surface area contributed by atoms with Crippen molar-refractivity contribution in [1.82, 2.24) is 24.6 Å². The van der Waals surface area contributed by atoms with Gasteiger partial charge < -0.3 is 15.3 Å². The van der Waals surface area contributed by atoms with E-state index in [9.17, 15) is 4.79 Å². The summed E-state index contributed by atoms with van der Waals surface area (Å²) in [5, 5.41) is 17.7. The zero-order chi connectivity index (χ0) is 25.9. The fraction of sp³-hybridized carbons (Fsp3) is 0.308. The fourth-order valence-electron chi connectivity index (χ4n) is 4.51. The maximum atomic E-state index is 13.2. The highest BCUT2D eigenvalue weighted by molar-refractivity contribution is 6.37. The predicted octanol–water partition coefficient (Wildman–Crippen LogP) is 4.04. The number of rotatable bonds is 7. The van der Waals surface area contributed by atoms with Crippen molar-refractivity contribution in [3.05, 3.63) is 74.8 Å². The summed E-state index contributed by atoms with van der Waals surface area (Å²) in [7, 11) is 0. The van der Waals surface area contributed by atoms with Crippen molar-refractivity contribution in [3.8, 4) is 5.69 Å². The molecule has 0 spiro atoms. The number of aliphatic hydroxyl groups is 1. The Balaban J connectivity index is 1.38. The molecule has 1 saturated heterocycles. The molecule has 192 valence electrons. The van der Waals surface area contributed by atoms with Gasteiger partial charge in [0.2, 0.25) is 5.95 Å². The quantitative estimate of drug-likeness (QED) is 0.363. The molecule has 0 bridgehead atoms. The Morgan fingerprint density at radius 3 is 2.51 bits per heavy atom. The number of benzene rings is 2. The number of aryl methyl sites for hydroxylation is 1. The van der Waals surface area contributed by atoms with Crippen LogP contribution in [0.2, 0.25) is 10.0 Å². The molecule has 1 aliphatic rings. The van der Waals surface area contributed by atoms with Crippen LogP contribution in [0.5, 0.6) is 0 Å². The van der Waals surface area contributed by atoms with Gasteiger partial charge in [0.25, 0.3) is 5.56 Å². The number of nitrogens with one attached hydrogen (secondary N) is 1. The molecule has 3 heterocycles. The van der Waals surface area contributed by atoms with E-state index >= 15 is 0 Å². The third-order valence-electron chi connectivity index (χ3n) is 6.43. The third kappa shape index (κ3) is 5.40. The molecule has 0 unspecified atom stereocenters. The molecule has 0 atom stereocenters. The van der Waals surface area contributed by atoms with Gasteiger partial charge in [-0.2, -0.15) is 9.78 Å². The van der Waals surface area contributed by atoms with Crippen molar-refractivity contribution >= 4 is 51.4 Å². The maximum absolute atomic E-state index is 13.2. The molecule has 0 saturated carbocycles. The Morgan fingerprint density at radius 1 is 1.05 bits per heavy atom. The van der Waals surface area contributed by atoms with E-state index in [0.29, 0.717) is 38.3 Å². The van der Waals surface area contributed by atoms with Crippen LogP contribution < -0.4 is 15.8 Å². The molecule has 1 fully saturated rings. The van der Waals surface area contributed by atoms with Gasteiger partial charge in [-0.3, -0.25) is 9.69 Å². The first-order valence-electron chi connectivity index (χ1n) is 12.1. The number of hydrogen-bond donors (Lipinski definition) is 2. The number of para-hydroxylation sites is 1. The monoisotopic (exact) mass is 539 g/mol. The van der Waals surface area contributed by atoms with E-state index in [0.717, 1.165) is 50.5 Å². The van der Waals surface area contributed by atoms with Crippen LogP contribution in [0.1, 0.15) is 12.1 Å². The van der Waals surface area contributed by atoms with Crippen LogP contribution in [0.15, 0.2) is 53.5 Å². The van der Waals surface area contributed by atoms with E-state index in [1.807, 2.05) is 12.1 Å². The molecule has 2 aromatic carbocycles. The van der Waals surface area contributed by atoms with Gasteiger partial charge in [0.15, 0.2) is 0 Å².